The van der Waals surface area contributed by atoms with Crippen molar-refractivity contribution in [1.82, 2.24) is 14.9 Å². The van der Waals surface area contributed by atoms with Crippen molar-refractivity contribution < 1.29 is 14.3 Å². The highest BCUT2D eigenvalue weighted by molar-refractivity contribution is 7.18. The summed E-state index contributed by atoms with van der Waals surface area (Å²) in [4.78, 5) is 33.9. The largest absolute Gasteiger partial charge is 0.451 e. The van der Waals surface area contributed by atoms with E-state index in [0.717, 1.165) is 26.1 Å². The topological polar surface area (TPSA) is 75.3 Å². The zero-order valence-corrected chi connectivity index (χ0v) is 16.3. The number of nitrogens with one attached hydrogen (secondary N) is 1. The number of hydrogen-bond acceptors (Lipinski definition) is 5. The monoisotopic (exact) mass is 393 g/mol. The molecular formula is C21H19N3O3S. The molecule has 4 rings (SSSR count). The molecule has 2 aromatic carbocycles. The van der Waals surface area contributed by atoms with Crippen molar-refractivity contribution in [3.63, 3.8) is 0 Å². The van der Waals surface area contributed by atoms with E-state index in [1.54, 1.807) is 29.4 Å². The second-order valence-corrected chi connectivity index (χ2v) is 7.61. The Morgan fingerprint density at radius 3 is 2.71 bits per heavy atom. The normalized spacial score (nSPS) is 12.2. The molecule has 0 fully saturated rings. The van der Waals surface area contributed by atoms with Gasteiger partial charge in [-0.15, -0.1) is 11.3 Å². The number of para-hydroxylation sites is 2. The zero-order chi connectivity index (χ0) is 19.7. The van der Waals surface area contributed by atoms with Crippen LogP contribution in [0.25, 0.3) is 21.1 Å². The van der Waals surface area contributed by atoms with E-state index in [1.807, 2.05) is 55.5 Å². The lowest BCUT2D eigenvalue weighted by molar-refractivity contribution is -0.135. The van der Waals surface area contributed by atoms with Crippen LogP contribution in [0.5, 0.6) is 0 Å². The minimum absolute atomic E-state index is 0.211. The number of likely N-dealkylation sites (N-methyl/N-ethyl adjacent to an activating group) is 1. The fourth-order valence-corrected chi connectivity index (χ4v) is 4.00. The molecule has 4 aromatic rings. The number of benzene rings is 2. The van der Waals surface area contributed by atoms with E-state index < -0.39 is 5.97 Å². The van der Waals surface area contributed by atoms with Crippen molar-refractivity contribution in [3.8, 4) is 0 Å². The summed E-state index contributed by atoms with van der Waals surface area (Å²) in [6.45, 7) is 1.59. The van der Waals surface area contributed by atoms with Crippen LogP contribution >= 0.6 is 11.3 Å². The number of amides is 1. The van der Waals surface area contributed by atoms with Crippen LogP contribution in [-0.4, -0.2) is 40.4 Å². The summed E-state index contributed by atoms with van der Waals surface area (Å²) < 4.78 is 6.29. The Morgan fingerprint density at radius 1 is 1.18 bits per heavy atom. The third kappa shape index (κ3) is 3.48. The summed E-state index contributed by atoms with van der Waals surface area (Å²) in [5, 5.41) is 1.77. The summed E-state index contributed by atoms with van der Waals surface area (Å²) in [5.41, 5.74) is 2.10. The lowest BCUT2D eigenvalue weighted by atomic mass is 10.2. The Kier molecular flexibility index (Phi) is 4.83. The average molecular weight is 393 g/mol. The van der Waals surface area contributed by atoms with Gasteiger partial charge in [0.15, 0.2) is 6.61 Å². The predicted octanol–water partition coefficient (Wildman–Crippen LogP) is 4.15. The molecule has 0 aliphatic heterocycles. The number of rotatable bonds is 5. The second-order valence-electron chi connectivity index (χ2n) is 6.55. The lowest BCUT2D eigenvalue weighted by Gasteiger charge is -2.22. The van der Waals surface area contributed by atoms with Gasteiger partial charge in [-0.3, -0.25) is 4.79 Å². The van der Waals surface area contributed by atoms with Gasteiger partial charge in [0, 0.05) is 18.0 Å². The van der Waals surface area contributed by atoms with E-state index in [2.05, 4.69) is 9.97 Å². The number of aromatic nitrogens is 2. The number of esters is 1. The van der Waals surface area contributed by atoms with Crippen LogP contribution in [0.15, 0.2) is 54.6 Å². The highest BCUT2D eigenvalue weighted by Gasteiger charge is 2.22. The van der Waals surface area contributed by atoms with Gasteiger partial charge in [-0.1, -0.05) is 30.3 Å². The summed E-state index contributed by atoms with van der Waals surface area (Å²) in [5.74, 6) is -0.832. The van der Waals surface area contributed by atoms with E-state index in [1.165, 1.54) is 0 Å². The van der Waals surface area contributed by atoms with Crippen LogP contribution in [0, 0.1) is 0 Å². The van der Waals surface area contributed by atoms with Gasteiger partial charge in [0.2, 0.25) is 0 Å². The Morgan fingerprint density at radius 2 is 1.93 bits per heavy atom. The molecule has 2 aromatic heterocycles. The van der Waals surface area contributed by atoms with Gasteiger partial charge in [0.05, 0.1) is 16.3 Å². The molecule has 6 nitrogen and oxygen atoms in total. The number of hydrogen-bond donors (Lipinski definition) is 1. The fourth-order valence-electron chi connectivity index (χ4n) is 2.94. The zero-order valence-electron chi connectivity index (χ0n) is 15.5. The maximum atomic E-state index is 12.5. The quantitative estimate of drug-likeness (QED) is 0.517. The van der Waals surface area contributed by atoms with Crippen LogP contribution in [0.2, 0.25) is 0 Å². The molecule has 1 atom stereocenters. The standard InChI is InChI=1S/C21H19N3O3S/c1-13(20-23-16-9-5-6-10-18(16)28-20)24(2)19(25)12-27-21(26)17-11-14-7-3-4-8-15(14)22-17/h3-11,13,22H,12H2,1-2H3/t13-/m1/s1. The highest BCUT2D eigenvalue weighted by atomic mass is 32.1. The number of carbonyl (C=O) groups is 2. The summed E-state index contributed by atoms with van der Waals surface area (Å²) in [6, 6.07) is 16.9. The second kappa shape index (κ2) is 7.44. The average Bonchev–Trinajstić information content (AvgIpc) is 3.34. The van der Waals surface area contributed by atoms with Crippen molar-refractivity contribution in [2.45, 2.75) is 13.0 Å². The van der Waals surface area contributed by atoms with Crippen molar-refractivity contribution in [1.29, 1.82) is 0 Å². The number of aromatic amines is 1. The third-order valence-corrected chi connectivity index (χ3v) is 5.93. The fraction of sp³-hybridized carbons (Fsp3) is 0.190. The van der Waals surface area contributed by atoms with Crippen molar-refractivity contribution in [2.75, 3.05) is 13.7 Å². The Hall–Kier alpha value is -3.19. The first-order valence-electron chi connectivity index (χ1n) is 8.89. The molecular weight excluding hydrogens is 374 g/mol. The number of fused-ring (bicyclic) bond motifs is 2. The molecule has 0 unspecified atom stereocenters. The number of H-pyrrole nitrogens is 1. The molecule has 0 bridgehead atoms. The van der Waals surface area contributed by atoms with E-state index in [-0.39, 0.29) is 18.6 Å². The molecule has 1 amide bonds. The molecule has 28 heavy (non-hydrogen) atoms. The first kappa shape index (κ1) is 18.2. The first-order valence-corrected chi connectivity index (χ1v) is 9.70. The molecule has 142 valence electrons. The minimum atomic E-state index is -0.550. The summed E-state index contributed by atoms with van der Waals surface area (Å²) in [7, 11) is 1.69. The van der Waals surface area contributed by atoms with E-state index in [9.17, 15) is 9.59 Å². The SMILES string of the molecule is C[C@H](c1nc2ccccc2s1)N(C)C(=O)COC(=O)c1cc2ccccc2[nH]1. The lowest BCUT2D eigenvalue weighted by Crippen LogP contribution is -2.33. The minimum Gasteiger partial charge on any atom is -0.451 e. The van der Waals surface area contributed by atoms with Crippen LogP contribution in [0.4, 0.5) is 0 Å². The predicted molar refractivity (Wildman–Crippen MR) is 109 cm³/mol. The van der Waals surface area contributed by atoms with Crippen LogP contribution in [0.1, 0.15) is 28.5 Å². The summed E-state index contributed by atoms with van der Waals surface area (Å²) in [6.07, 6.45) is 0. The van der Waals surface area contributed by atoms with Crippen molar-refractivity contribution in [2.24, 2.45) is 0 Å². The molecule has 1 N–H and O–H groups in total. The molecule has 0 aliphatic rings. The number of ether oxygens (including phenoxy) is 1. The molecule has 0 radical (unpaired) electrons. The number of carbonyl (C=O) groups excluding carboxylic acids is 2. The van der Waals surface area contributed by atoms with Crippen LogP contribution in [0.3, 0.4) is 0 Å². The first-order chi connectivity index (χ1) is 13.5. The summed E-state index contributed by atoms with van der Waals surface area (Å²) >= 11 is 1.56. The van der Waals surface area contributed by atoms with E-state index in [0.29, 0.717) is 5.69 Å². The smallest absolute Gasteiger partial charge is 0.355 e. The third-order valence-electron chi connectivity index (χ3n) is 4.72. The van der Waals surface area contributed by atoms with Crippen LogP contribution in [-0.2, 0) is 9.53 Å². The maximum Gasteiger partial charge on any atom is 0.355 e. The van der Waals surface area contributed by atoms with Gasteiger partial charge in [0.1, 0.15) is 10.7 Å². The Balaban J connectivity index is 1.40. The maximum absolute atomic E-state index is 12.5. The van der Waals surface area contributed by atoms with Gasteiger partial charge in [-0.05, 0) is 31.2 Å². The van der Waals surface area contributed by atoms with E-state index in [4.69, 9.17) is 4.74 Å². The van der Waals surface area contributed by atoms with Crippen molar-refractivity contribution in [3.05, 3.63) is 65.3 Å². The van der Waals surface area contributed by atoms with Gasteiger partial charge < -0.3 is 14.6 Å². The van der Waals surface area contributed by atoms with Gasteiger partial charge in [0.25, 0.3) is 5.91 Å². The van der Waals surface area contributed by atoms with E-state index >= 15 is 0 Å². The molecule has 0 aliphatic carbocycles. The number of nitrogens with zero attached hydrogens (tertiary/aromatic N) is 2. The van der Waals surface area contributed by atoms with Crippen LogP contribution < -0.4 is 0 Å². The highest BCUT2D eigenvalue weighted by Crippen LogP contribution is 2.28. The number of thiazole rings is 1. The van der Waals surface area contributed by atoms with Gasteiger partial charge in [-0.2, -0.15) is 0 Å². The van der Waals surface area contributed by atoms with Gasteiger partial charge in [-0.25, -0.2) is 9.78 Å². The molecule has 0 saturated carbocycles. The van der Waals surface area contributed by atoms with Crippen molar-refractivity contribution >= 4 is 44.3 Å². The molecule has 7 heteroatoms. The molecule has 2 heterocycles. The molecule has 0 spiro atoms. The molecule has 0 saturated heterocycles. The van der Waals surface area contributed by atoms with Gasteiger partial charge >= 0.3 is 5.97 Å². The Bertz CT molecular complexity index is 1100. The Labute approximate surface area is 165 Å².